The molecule has 0 aromatic heterocycles. The first kappa shape index (κ1) is 9.79. The Bertz CT molecular complexity index is 174. The number of aliphatic hydroxyl groups is 1. The highest BCUT2D eigenvalue weighted by Crippen LogP contribution is 2.37. The zero-order chi connectivity index (χ0) is 9.30. The third-order valence-electron chi connectivity index (χ3n) is 3.34. The molecule has 0 radical (unpaired) electrons. The zero-order valence-corrected chi connectivity index (χ0v) is 8.38. The molecule has 1 aliphatic carbocycles. The Morgan fingerprint density at radius 1 is 1.33 bits per heavy atom. The van der Waals surface area contributed by atoms with Gasteiger partial charge in [-0.3, -0.25) is 0 Å². The van der Waals surface area contributed by atoms with Crippen molar-refractivity contribution in [3.05, 3.63) is 12.2 Å². The first-order valence-electron chi connectivity index (χ1n) is 4.85. The molecule has 4 atom stereocenters. The van der Waals surface area contributed by atoms with Crippen LogP contribution in [-0.4, -0.2) is 11.2 Å². The molecule has 0 heterocycles. The molecule has 0 aromatic rings. The molecule has 0 spiro atoms. The third-order valence-corrected chi connectivity index (χ3v) is 3.34. The van der Waals surface area contributed by atoms with Crippen LogP contribution in [-0.2, 0) is 0 Å². The molecule has 1 heteroatoms. The van der Waals surface area contributed by atoms with Gasteiger partial charge in [-0.2, -0.15) is 0 Å². The molecule has 4 unspecified atom stereocenters. The van der Waals surface area contributed by atoms with Crippen molar-refractivity contribution in [3.8, 4) is 0 Å². The van der Waals surface area contributed by atoms with Crippen LogP contribution in [0.1, 0.15) is 33.6 Å². The number of hydrogen-bond acceptors (Lipinski definition) is 1. The minimum absolute atomic E-state index is 0.0992. The molecular weight excluding hydrogens is 148 g/mol. The maximum absolute atomic E-state index is 9.58. The van der Waals surface area contributed by atoms with Gasteiger partial charge in [0.2, 0.25) is 0 Å². The van der Waals surface area contributed by atoms with Crippen molar-refractivity contribution in [2.45, 2.75) is 39.7 Å². The molecule has 0 aromatic carbocycles. The van der Waals surface area contributed by atoms with Gasteiger partial charge in [-0.15, -0.1) is 0 Å². The van der Waals surface area contributed by atoms with Crippen LogP contribution in [0.4, 0.5) is 0 Å². The maximum Gasteiger partial charge on any atom is 0.0548 e. The van der Waals surface area contributed by atoms with E-state index in [4.69, 9.17) is 0 Å². The molecule has 0 amide bonds. The lowest BCUT2D eigenvalue weighted by Gasteiger charge is -2.37. The maximum atomic E-state index is 9.58. The molecule has 70 valence electrons. The lowest BCUT2D eigenvalue weighted by molar-refractivity contribution is 0.0524. The lowest BCUT2D eigenvalue weighted by Crippen LogP contribution is -2.32. The fourth-order valence-corrected chi connectivity index (χ4v) is 2.29. The van der Waals surface area contributed by atoms with E-state index in [-0.39, 0.29) is 6.10 Å². The highest BCUT2D eigenvalue weighted by Gasteiger charge is 2.31. The Morgan fingerprint density at radius 2 is 1.92 bits per heavy atom. The second-order valence-corrected chi connectivity index (χ2v) is 4.41. The van der Waals surface area contributed by atoms with Crippen molar-refractivity contribution >= 4 is 0 Å². The van der Waals surface area contributed by atoms with Crippen LogP contribution >= 0.6 is 0 Å². The van der Waals surface area contributed by atoms with Gasteiger partial charge >= 0.3 is 0 Å². The summed E-state index contributed by atoms with van der Waals surface area (Å²) >= 11 is 0. The predicted octanol–water partition coefficient (Wildman–Crippen LogP) is 2.61. The van der Waals surface area contributed by atoms with Gasteiger partial charge in [-0.05, 0) is 37.5 Å². The molecule has 1 rings (SSSR count). The van der Waals surface area contributed by atoms with Gasteiger partial charge in [0, 0.05) is 0 Å². The largest absolute Gasteiger partial charge is 0.393 e. The first-order valence-corrected chi connectivity index (χ1v) is 4.85. The van der Waals surface area contributed by atoms with Crippen LogP contribution in [0.15, 0.2) is 12.2 Å². The summed E-state index contributed by atoms with van der Waals surface area (Å²) < 4.78 is 0. The second-order valence-electron chi connectivity index (χ2n) is 4.41. The van der Waals surface area contributed by atoms with Gasteiger partial charge in [-0.25, -0.2) is 0 Å². The van der Waals surface area contributed by atoms with Crippen LogP contribution in [0.2, 0.25) is 0 Å². The van der Waals surface area contributed by atoms with E-state index in [9.17, 15) is 5.11 Å². The van der Waals surface area contributed by atoms with E-state index in [1.54, 1.807) is 0 Å². The summed E-state index contributed by atoms with van der Waals surface area (Å²) in [4.78, 5) is 0. The summed E-state index contributed by atoms with van der Waals surface area (Å²) in [7, 11) is 0. The number of aliphatic hydroxyl groups excluding tert-OH is 1. The monoisotopic (exact) mass is 168 g/mol. The molecule has 1 nitrogen and oxygen atoms in total. The summed E-state index contributed by atoms with van der Waals surface area (Å²) in [6, 6.07) is 0. The minimum Gasteiger partial charge on any atom is -0.393 e. The van der Waals surface area contributed by atoms with Gasteiger partial charge in [-0.1, -0.05) is 26.0 Å². The summed E-state index contributed by atoms with van der Waals surface area (Å²) in [5.41, 5.74) is 1.23. The van der Waals surface area contributed by atoms with Crippen molar-refractivity contribution < 1.29 is 5.11 Å². The van der Waals surface area contributed by atoms with Crippen molar-refractivity contribution in [3.63, 3.8) is 0 Å². The van der Waals surface area contributed by atoms with E-state index in [0.29, 0.717) is 17.8 Å². The first-order chi connectivity index (χ1) is 5.52. The zero-order valence-electron chi connectivity index (χ0n) is 8.38. The highest BCUT2D eigenvalue weighted by molar-refractivity contribution is 5.02. The van der Waals surface area contributed by atoms with Crippen LogP contribution in [0.5, 0.6) is 0 Å². The van der Waals surface area contributed by atoms with Crippen molar-refractivity contribution in [1.29, 1.82) is 0 Å². The van der Waals surface area contributed by atoms with Crippen molar-refractivity contribution in [1.82, 2.24) is 0 Å². The van der Waals surface area contributed by atoms with E-state index in [2.05, 4.69) is 27.4 Å². The lowest BCUT2D eigenvalue weighted by atomic mass is 9.70. The second kappa shape index (κ2) is 3.61. The van der Waals surface area contributed by atoms with Gasteiger partial charge < -0.3 is 5.11 Å². The minimum atomic E-state index is -0.0992. The molecule has 1 N–H and O–H groups in total. The molecular formula is C11H20O. The van der Waals surface area contributed by atoms with Crippen LogP contribution in [0.25, 0.3) is 0 Å². The fraction of sp³-hybridized carbons (Fsp3) is 0.818. The van der Waals surface area contributed by atoms with Crippen LogP contribution in [0.3, 0.4) is 0 Å². The molecule has 1 aliphatic rings. The normalized spacial score (nSPS) is 42.7. The van der Waals surface area contributed by atoms with E-state index in [1.807, 2.05) is 0 Å². The van der Waals surface area contributed by atoms with Crippen molar-refractivity contribution in [2.24, 2.45) is 17.8 Å². The van der Waals surface area contributed by atoms with Gasteiger partial charge in [0.1, 0.15) is 0 Å². The van der Waals surface area contributed by atoms with Gasteiger partial charge in [0.25, 0.3) is 0 Å². The Hall–Kier alpha value is -0.300. The standard InChI is InChI=1S/C11H20O/c1-7(2)11-6-10(12)5-8(3)9(11)4/h8-12H,1,5-6H2,2-4H3. The molecule has 0 saturated heterocycles. The quantitative estimate of drug-likeness (QED) is 0.597. The number of hydrogen-bond donors (Lipinski definition) is 1. The number of allylic oxidation sites excluding steroid dienone is 1. The summed E-state index contributed by atoms with van der Waals surface area (Å²) in [6.45, 7) is 10.6. The number of rotatable bonds is 1. The molecule has 12 heavy (non-hydrogen) atoms. The smallest absolute Gasteiger partial charge is 0.0548 e. The summed E-state index contributed by atoms with van der Waals surface area (Å²) in [6.07, 6.45) is 1.78. The average molecular weight is 168 g/mol. The van der Waals surface area contributed by atoms with Gasteiger partial charge in [0.05, 0.1) is 6.10 Å². The topological polar surface area (TPSA) is 20.2 Å². The summed E-state index contributed by atoms with van der Waals surface area (Å²) in [5, 5.41) is 9.58. The van der Waals surface area contributed by atoms with E-state index >= 15 is 0 Å². The van der Waals surface area contributed by atoms with Crippen LogP contribution in [0, 0.1) is 17.8 Å². The van der Waals surface area contributed by atoms with Crippen molar-refractivity contribution in [2.75, 3.05) is 0 Å². The molecule has 0 aliphatic heterocycles. The third kappa shape index (κ3) is 1.89. The SMILES string of the molecule is C=C(C)C1CC(O)CC(C)C1C. The van der Waals surface area contributed by atoms with Crippen LogP contribution < -0.4 is 0 Å². The fourth-order valence-electron chi connectivity index (χ4n) is 2.29. The van der Waals surface area contributed by atoms with E-state index in [1.165, 1.54) is 5.57 Å². The Morgan fingerprint density at radius 3 is 2.42 bits per heavy atom. The average Bonchev–Trinajstić information content (AvgIpc) is 1.96. The molecule has 1 fully saturated rings. The van der Waals surface area contributed by atoms with E-state index < -0.39 is 0 Å². The summed E-state index contributed by atoms with van der Waals surface area (Å²) in [5.74, 6) is 1.85. The Labute approximate surface area is 75.5 Å². The van der Waals surface area contributed by atoms with E-state index in [0.717, 1.165) is 12.8 Å². The Balaban J connectivity index is 2.66. The predicted molar refractivity (Wildman–Crippen MR) is 51.9 cm³/mol. The molecule has 0 bridgehead atoms. The Kier molecular flexibility index (Phi) is 2.94. The molecule has 1 saturated carbocycles. The highest BCUT2D eigenvalue weighted by atomic mass is 16.3. The van der Waals surface area contributed by atoms with Gasteiger partial charge in [0.15, 0.2) is 0 Å².